The van der Waals surface area contributed by atoms with E-state index in [0.717, 1.165) is 31.7 Å². The summed E-state index contributed by atoms with van der Waals surface area (Å²) in [6.45, 7) is 2.07. The van der Waals surface area contributed by atoms with Crippen LogP contribution in [0, 0.1) is 0 Å². The Hall–Kier alpha value is -1.04. The number of hydrogen-bond acceptors (Lipinski definition) is 5. The monoisotopic (exact) mass is 300 g/mol. The van der Waals surface area contributed by atoms with Crippen molar-refractivity contribution in [3.05, 3.63) is 18.0 Å². The van der Waals surface area contributed by atoms with Gasteiger partial charge in [0.25, 0.3) is 0 Å². The highest BCUT2D eigenvalue weighted by Gasteiger charge is 2.31. The Balaban J connectivity index is 2.09. The Morgan fingerprint density at radius 2 is 2.10 bits per heavy atom. The Bertz CT molecular complexity index is 436. The van der Waals surface area contributed by atoms with E-state index < -0.39 is 0 Å². The van der Waals surface area contributed by atoms with Gasteiger partial charge in [0.15, 0.2) is 11.5 Å². The second-order valence-corrected chi connectivity index (χ2v) is 5.14. The molecule has 1 N–H and O–H groups in total. The molecule has 0 unspecified atom stereocenters. The van der Waals surface area contributed by atoms with Crippen LogP contribution in [0.2, 0.25) is 0 Å². The minimum absolute atomic E-state index is 0.0877. The van der Waals surface area contributed by atoms with Gasteiger partial charge in [0.2, 0.25) is 0 Å². The van der Waals surface area contributed by atoms with Crippen LogP contribution in [0.3, 0.4) is 0 Å². The summed E-state index contributed by atoms with van der Waals surface area (Å²) < 4.78 is 16.1. The molecule has 0 saturated carbocycles. The predicted octanol–water partition coefficient (Wildman–Crippen LogP) is 1.98. The van der Waals surface area contributed by atoms with Crippen molar-refractivity contribution in [2.24, 2.45) is 0 Å². The minimum Gasteiger partial charge on any atom is -0.493 e. The Morgan fingerprint density at radius 3 is 2.70 bits per heavy atom. The summed E-state index contributed by atoms with van der Waals surface area (Å²) in [5.41, 5.74) is 0.734. The summed E-state index contributed by atoms with van der Waals surface area (Å²) in [6, 6.07) is 1.79. The molecule has 1 aliphatic rings. The number of rotatable bonds is 6. The van der Waals surface area contributed by atoms with Crippen LogP contribution in [0.15, 0.2) is 12.3 Å². The quantitative estimate of drug-likeness (QED) is 0.814. The van der Waals surface area contributed by atoms with Gasteiger partial charge in [-0.3, -0.25) is 4.98 Å². The van der Waals surface area contributed by atoms with Gasteiger partial charge in [-0.25, -0.2) is 0 Å². The molecule has 0 atom stereocenters. The molecule has 6 heteroatoms. The van der Waals surface area contributed by atoms with E-state index in [9.17, 15) is 0 Å². The van der Waals surface area contributed by atoms with Gasteiger partial charge in [0.05, 0.1) is 19.9 Å². The lowest BCUT2D eigenvalue weighted by molar-refractivity contribution is 0.0457. The number of nitrogens with zero attached hydrogens (tertiary/aromatic N) is 1. The molecule has 0 amide bonds. The zero-order valence-electron chi connectivity index (χ0n) is 11.9. The van der Waals surface area contributed by atoms with Crippen molar-refractivity contribution in [1.29, 1.82) is 0 Å². The van der Waals surface area contributed by atoms with Crippen LogP contribution in [0.1, 0.15) is 18.5 Å². The fraction of sp³-hybridized carbons (Fsp3) is 0.643. The van der Waals surface area contributed by atoms with Crippen LogP contribution in [-0.2, 0) is 11.3 Å². The Labute approximate surface area is 124 Å². The van der Waals surface area contributed by atoms with Gasteiger partial charge >= 0.3 is 0 Å². The van der Waals surface area contributed by atoms with Gasteiger partial charge in [0.1, 0.15) is 0 Å². The molecule has 2 heterocycles. The second kappa shape index (κ2) is 7.11. The van der Waals surface area contributed by atoms with E-state index in [2.05, 4.69) is 10.3 Å². The highest BCUT2D eigenvalue weighted by molar-refractivity contribution is 6.18. The summed E-state index contributed by atoms with van der Waals surface area (Å²) in [6.07, 6.45) is 3.53. The van der Waals surface area contributed by atoms with Crippen LogP contribution in [0.5, 0.6) is 11.5 Å². The number of aromatic nitrogens is 1. The number of ether oxygens (including phenoxy) is 3. The molecular formula is C14H21ClN2O3. The molecule has 0 radical (unpaired) electrons. The topological polar surface area (TPSA) is 52.6 Å². The first kappa shape index (κ1) is 15.4. The third kappa shape index (κ3) is 3.34. The van der Waals surface area contributed by atoms with Crippen LogP contribution < -0.4 is 14.8 Å². The zero-order chi connectivity index (χ0) is 14.4. The standard InChI is InChI=1S/C14H21ClN2O3/c1-18-12-3-6-16-11(13(12)19-2)9-17-14(10-15)4-7-20-8-5-14/h3,6,17H,4-5,7-10H2,1-2H3. The van der Waals surface area contributed by atoms with Crippen LogP contribution in [0.4, 0.5) is 0 Å². The van der Waals surface area contributed by atoms with Gasteiger partial charge in [-0.05, 0) is 12.8 Å². The van der Waals surface area contributed by atoms with Crippen molar-refractivity contribution in [1.82, 2.24) is 10.3 Å². The van der Waals surface area contributed by atoms with Crippen LogP contribution in [0.25, 0.3) is 0 Å². The molecule has 1 saturated heterocycles. The highest BCUT2D eigenvalue weighted by Crippen LogP contribution is 2.30. The van der Waals surface area contributed by atoms with Crippen molar-refractivity contribution >= 4 is 11.6 Å². The molecular weight excluding hydrogens is 280 g/mol. The minimum atomic E-state index is -0.0877. The van der Waals surface area contributed by atoms with Crippen LogP contribution in [-0.4, -0.2) is 43.8 Å². The molecule has 0 aliphatic carbocycles. The van der Waals surface area contributed by atoms with Crippen molar-refractivity contribution in [2.45, 2.75) is 24.9 Å². The number of methoxy groups -OCH3 is 2. The average molecular weight is 301 g/mol. The first-order valence-electron chi connectivity index (χ1n) is 6.69. The first-order chi connectivity index (χ1) is 9.74. The molecule has 1 aromatic rings. The molecule has 0 spiro atoms. The smallest absolute Gasteiger partial charge is 0.183 e. The Morgan fingerprint density at radius 1 is 1.35 bits per heavy atom. The lowest BCUT2D eigenvalue weighted by atomic mass is 9.92. The molecule has 112 valence electrons. The van der Waals surface area contributed by atoms with E-state index in [4.69, 9.17) is 25.8 Å². The van der Waals surface area contributed by atoms with Crippen molar-refractivity contribution in [3.8, 4) is 11.5 Å². The predicted molar refractivity (Wildman–Crippen MR) is 77.7 cm³/mol. The van der Waals surface area contributed by atoms with Crippen LogP contribution >= 0.6 is 11.6 Å². The number of hydrogen-bond donors (Lipinski definition) is 1. The van der Waals surface area contributed by atoms with Gasteiger partial charge in [0, 0.05) is 43.4 Å². The van der Waals surface area contributed by atoms with Crippen molar-refractivity contribution in [2.75, 3.05) is 33.3 Å². The Kier molecular flexibility index (Phi) is 5.46. The molecule has 1 fully saturated rings. The lowest BCUT2D eigenvalue weighted by Crippen LogP contribution is -2.50. The average Bonchev–Trinajstić information content (AvgIpc) is 2.53. The summed E-state index contributed by atoms with van der Waals surface area (Å²) in [7, 11) is 3.24. The van der Waals surface area contributed by atoms with Gasteiger partial charge in [-0.2, -0.15) is 0 Å². The van der Waals surface area contributed by atoms with Crippen molar-refractivity contribution in [3.63, 3.8) is 0 Å². The number of halogens is 1. The summed E-state index contributed by atoms with van der Waals surface area (Å²) in [4.78, 5) is 4.37. The summed E-state index contributed by atoms with van der Waals surface area (Å²) >= 11 is 6.14. The van der Waals surface area contributed by atoms with E-state index in [1.54, 1.807) is 26.5 Å². The molecule has 20 heavy (non-hydrogen) atoms. The number of pyridine rings is 1. The van der Waals surface area contributed by atoms with Crippen molar-refractivity contribution < 1.29 is 14.2 Å². The fourth-order valence-corrected chi connectivity index (χ4v) is 2.73. The van der Waals surface area contributed by atoms with E-state index in [0.29, 0.717) is 23.9 Å². The third-order valence-electron chi connectivity index (χ3n) is 3.70. The summed E-state index contributed by atoms with van der Waals surface area (Å²) in [5.74, 6) is 1.91. The molecule has 2 rings (SSSR count). The molecule has 1 aliphatic heterocycles. The third-order valence-corrected chi connectivity index (χ3v) is 4.21. The lowest BCUT2D eigenvalue weighted by Gasteiger charge is -2.36. The zero-order valence-corrected chi connectivity index (χ0v) is 12.7. The fourth-order valence-electron chi connectivity index (χ4n) is 2.37. The SMILES string of the molecule is COc1ccnc(CNC2(CCl)CCOCC2)c1OC. The van der Waals surface area contributed by atoms with Gasteiger partial charge in [-0.1, -0.05) is 0 Å². The number of nitrogens with one attached hydrogen (secondary N) is 1. The molecule has 5 nitrogen and oxygen atoms in total. The summed E-state index contributed by atoms with van der Waals surface area (Å²) in [5, 5.41) is 3.52. The maximum Gasteiger partial charge on any atom is 0.183 e. The number of alkyl halides is 1. The molecule has 0 bridgehead atoms. The maximum atomic E-state index is 6.14. The second-order valence-electron chi connectivity index (χ2n) is 4.87. The van der Waals surface area contributed by atoms with E-state index in [1.807, 2.05) is 0 Å². The molecule has 1 aromatic heterocycles. The molecule has 0 aromatic carbocycles. The van der Waals surface area contributed by atoms with Gasteiger partial charge in [-0.15, -0.1) is 11.6 Å². The van der Waals surface area contributed by atoms with E-state index in [-0.39, 0.29) is 5.54 Å². The normalized spacial score (nSPS) is 17.8. The van der Waals surface area contributed by atoms with E-state index >= 15 is 0 Å². The largest absolute Gasteiger partial charge is 0.493 e. The first-order valence-corrected chi connectivity index (χ1v) is 7.23. The highest BCUT2D eigenvalue weighted by atomic mass is 35.5. The maximum absolute atomic E-state index is 6.14. The van der Waals surface area contributed by atoms with E-state index in [1.165, 1.54) is 0 Å². The van der Waals surface area contributed by atoms with Gasteiger partial charge < -0.3 is 19.5 Å².